The Morgan fingerprint density at radius 1 is 1.00 bits per heavy atom. The first-order chi connectivity index (χ1) is 8.29. The molecule has 0 atom stereocenters. The molecular weight excluding hydrogens is 215 g/mol. The second kappa shape index (κ2) is 5.25. The highest BCUT2D eigenvalue weighted by Gasteiger charge is 2.04. The highest BCUT2D eigenvalue weighted by atomic mass is 19.1. The van der Waals surface area contributed by atoms with Crippen molar-refractivity contribution in [2.24, 2.45) is 10.9 Å². The minimum absolute atomic E-state index is 0.236. The van der Waals surface area contributed by atoms with E-state index >= 15 is 0 Å². The van der Waals surface area contributed by atoms with Crippen LogP contribution in [0.1, 0.15) is 11.1 Å². The normalized spacial score (nSPS) is 11.5. The summed E-state index contributed by atoms with van der Waals surface area (Å²) < 4.78 is 12.8. The van der Waals surface area contributed by atoms with Crippen LogP contribution in [0.3, 0.4) is 0 Å². The predicted molar refractivity (Wildman–Crippen MR) is 67.3 cm³/mol. The Bertz CT molecular complexity index is 504. The van der Waals surface area contributed by atoms with Crippen molar-refractivity contribution < 1.29 is 4.39 Å². The van der Waals surface area contributed by atoms with Crippen molar-refractivity contribution >= 4 is 5.71 Å². The average Bonchev–Trinajstić information content (AvgIpc) is 2.39. The molecule has 0 aliphatic heterocycles. The molecule has 0 heterocycles. The molecular formula is C14H13FN2. The van der Waals surface area contributed by atoms with Crippen LogP contribution < -0.4 is 5.84 Å². The van der Waals surface area contributed by atoms with Crippen LogP contribution in [0.25, 0.3) is 0 Å². The lowest BCUT2D eigenvalue weighted by Crippen LogP contribution is -2.08. The predicted octanol–water partition coefficient (Wildman–Crippen LogP) is 2.73. The van der Waals surface area contributed by atoms with Crippen molar-refractivity contribution in [2.75, 3.05) is 0 Å². The Balaban J connectivity index is 2.19. The van der Waals surface area contributed by atoms with E-state index in [2.05, 4.69) is 5.10 Å². The molecule has 3 heteroatoms. The van der Waals surface area contributed by atoms with Crippen molar-refractivity contribution in [2.45, 2.75) is 6.42 Å². The van der Waals surface area contributed by atoms with Gasteiger partial charge in [0.25, 0.3) is 0 Å². The molecule has 2 rings (SSSR count). The number of nitrogens with zero attached hydrogens (tertiary/aromatic N) is 1. The lowest BCUT2D eigenvalue weighted by molar-refractivity contribution is 0.627. The summed E-state index contributed by atoms with van der Waals surface area (Å²) >= 11 is 0. The van der Waals surface area contributed by atoms with Crippen molar-refractivity contribution in [1.29, 1.82) is 0 Å². The fraction of sp³-hybridized carbons (Fsp3) is 0.0714. The summed E-state index contributed by atoms with van der Waals surface area (Å²) in [6.45, 7) is 0. The van der Waals surface area contributed by atoms with Crippen LogP contribution >= 0.6 is 0 Å². The zero-order chi connectivity index (χ0) is 12.1. The number of hydrogen-bond acceptors (Lipinski definition) is 2. The van der Waals surface area contributed by atoms with E-state index in [4.69, 9.17) is 5.84 Å². The maximum absolute atomic E-state index is 12.8. The van der Waals surface area contributed by atoms with E-state index in [1.807, 2.05) is 30.3 Å². The zero-order valence-corrected chi connectivity index (χ0v) is 9.31. The summed E-state index contributed by atoms with van der Waals surface area (Å²) in [5, 5.41) is 3.80. The van der Waals surface area contributed by atoms with Gasteiger partial charge in [-0.15, -0.1) is 0 Å². The van der Waals surface area contributed by atoms with Crippen LogP contribution in [0.2, 0.25) is 0 Å². The highest BCUT2D eigenvalue weighted by Crippen LogP contribution is 2.09. The maximum atomic E-state index is 12.8. The molecule has 0 amide bonds. The fourth-order valence-electron chi connectivity index (χ4n) is 1.65. The molecule has 0 fully saturated rings. The van der Waals surface area contributed by atoms with Gasteiger partial charge in [-0.25, -0.2) is 4.39 Å². The molecule has 2 N–H and O–H groups in total. The van der Waals surface area contributed by atoms with Crippen LogP contribution in [0.4, 0.5) is 4.39 Å². The first-order valence-corrected chi connectivity index (χ1v) is 5.36. The lowest BCUT2D eigenvalue weighted by atomic mass is 10.0. The Morgan fingerprint density at radius 3 is 2.24 bits per heavy atom. The van der Waals surface area contributed by atoms with Crippen LogP contribution in [0, 0.1) is 5.82 Å². The van der Waals surface area contributed by atoms with Gasteiger partial charge in [0.05, 0.1) is 5.71 Å². The Hall–Kier alpha value is -2.16. The Labute approximate surface area is 99.6 Å². The van der Waals surface area contributed by atoms with Gasteiger partial charge in [0.15, 0.2) is 0 Å². The van der Waals surface area contributed by atoms with Gasteiger partial charge in [0.2, 0.25) is 0 Å². The number of hydrazone groups is 1. The minimum Gasteiger partial charge on any atom is -0.323 e. The van der Waals surface area contributed by atoms with E-state index in [-0.39, 0.29) is 5.82 Å². The first kappa shape index (κ1) is 11.3. The molecule has 2 aromatic rings. The molecule has 0 saturated heterocycles. The fourth-order valence-corrected chi connectivity index (χ4v) is 1.65. The average molecular weight is 228 g/mol. The molecule has 0 spiro atoms. The molecule has 0 radical (unpaired) electrons. The number of hydrogen-bond donors (Lipinski definition) is 1. The summed E-state index contributed by atoms with van der Waals surface area (Å²) in [5.41, 5.74) is 2.76. The van der Waals surface area contributed by atoms with Crippen LogP contribution in [-0.4, -0.2) is 5.71 Å². The van der Waals surface area contributed by atoms with Gasteiger partial charge in [0, 0.05) is 6.42 Å². The molecule has 0 aromatic heterocycles. The summed E-state index contributed by atoms with van der Waals surface area (Å²) in [4.78, 5) is 0. The molecule has 0 saturated carbocycles. The van der Waals surface area contributed by atoms with Crippen LogP contribution in [0.15, 0.2) is 59.7 Å². The molecule has 0 bridgehead atoms. The third-order valence-corrected chi connectivity index (χ3v) is 2.55. The van der Waals surface area contributed by atoms with E-state index in [0.717, 1.165) is 16.8 Å². The molecule has 0 aliphatic rings. The summed E-state index contributed by atoms with van der Waals surface area (Å²) in [7, 11) is 0. The third-order valence-electron chi connectivity index (χ3n) is 2.55. The molecule has 2 aromatic carbocycles. The number of rotatable bonds is 3. The lowest BCUT2D eigenvalue weighted by Gasteiger charge is -2.05. The van der Waals surface area contributed by atoms with Gasteiger partial charge < -0.3 is 5.84 Å². The van der Waals surface area contributed by atoms with E-state index in [1.165, 1.54) is 12.1 Å². The number of halogens is 1. The van der Waals surface area contributed by atoms with Crippen molar-refractivity contribution in [3.8, 4) is 0 Å². The van der Waals surface area contributed by atoms with E-state index in [9.17, 15) is 4.39 Å². The first-order valence-electron chi connectivity index (χ1n) is 5.36. The van der Waals surface area contributed by atoms with Gasteiger partial charge >= 0.3 is 0 Å². The number of benzene rings is 2. The van der Waals surface area contributed by atoms with E-state index in [0.29, 0.717) is 6.42 Å². The standard InChI is InChI=1S/C14H13FN2/c15-13-8-6-11(7-9-13)10-14(17-16)12-4-2-1-3-5-12/h1-9H,10,16H2/b17-14+. The second-order valence-corrected chi connectivity index (χ2v) is 3.75. The highest BCUT2D eigenvalue weighted by molar-refractivity contribution is 6.01. The van der Waals surface area contributed by atoms with E-state index < -0.39 is 0 Å². The third kappa shape index (κ3) is 2.91. The van der Waals surface area contributed by atoms with Crippen molar-refractivity contribution in [3.05, 3.63) is 71.5 Å². The van der Waals surface area contributed by atoms with Crippen LogP contribution in [0.5, 0.6) is 0 Å². The monoisotopic (exact) mass is 228 g/mol. The largest absolute Gasteiger partial charge is 0.323 e. The van der Waals surface area contributed by atoms with Gasteiger partial charge in [0.1, 0.15) is 5.82 Å². The Morgan fingerprint density at radius 2 is 1.65 bits per heavy atom. The molecule has 86 valence electrons. The van der Waals surface area contributed by atoms with Crippen molar-refractivity contribution in [1.82, 2.24) is 0 Å². The maximum Gasteiger partial charge on any atom is 0.123 e. The molecule has 0 aliphatic carbocycles. The minimum atomic E-state index is -0.236. The van der Waals surface area contributed by atoms with Gasteiger partial charge in [-0.2, -0.15) is 5.10 Å². The molecule has 17 heavy (non-hydrogen) atoms. The van der Waals surface area contributed by atoms with Gasteiger partial charge in [-0.05, 0) is 23.3 Å². The topological polar surface area (TPSA) is 38.4 Å². The molecule has 2 nitrogen and oxygen atoms in total. The van der Waals surface area contributed by atoms with Gasteiger partial charge in [-0.1, -0.05) is 42.5 Å². The summed E-state index contributed by atoms with van der Waals surface area (Å²) in [5.74, 6) is 5.16. The van der Waals surface area contributed by atoms with E-state index in [1.54, 1.807) is 12.1 Å². The molecule has 0 unspecified atom stereocenters. The summed E-state index contributed by atoms with van der Waals surface area (Å²) in [6.07, 6.45) is 0.598. The second-order valence-electron chi connectivity index (χ2n) is 3.75. The smallest absolute Gasteiger partial charge is 0.123 e. The SMILES string of the molecule is N/N=C(\Cc1ccc(F)cc1)c1ccccc1. The Kier molecular flexibility index (Phi) is 3.50. The quantitative estimate of drug-likeness (QED) is 0.489. The number of nitrogens with two attached hydrogens (primary N) is 1. The zero-order valence-electron chi connectivity index (χ0n) is 9.31. The van der Waals surface area contributed by atoms with Crippen LogP contribution in [-0.2, 0) is 6.42 Å². The summed E-state index contributed by atoms with van der Waals surface area (Å²) in [6, 6.07) is 16.1. The van der Waals surface area contributed by atoms with Crippen molar-refractivity contribution in [3.63, 3.8) is 0 Å². The van der Waals surface area contributed by atoms with Gasteiger partial charge in [-0.3, -0.25) is 0 Å².